The first-order valence-electron chi connectivity index (χ1n) is 4.07. The molecular weight excluding hydrogens is 158 g/mol. The van der Waals surface area contributed by atoms with Gasteiger partial charge in [-0.15, -0.1) is 0 Å². The molecule has 0 aromatic rings. The molecule has 0 spiro atoms. The standard InChI is InChI=1S/C7H17NO2Si/c1-8-6-4-5-7-11(8,9-2)10-3/h4-7H2,1-3H3. The highest BCUT2D eigenvalue weighted by Gasteiger charge is 2.42. The van der Waals surface area contributed by atoms with Gasteiger partial charge in [0.05, 0.1) is 0 Å². The van der Waals surface area contributed by atoms with E-state index in [0.717, 1.165) is 12.6 Å². The van der Waals surface area contributed by atoms with Gasteiger partial charge in [-0.25, -0.2) is 0 Å². The Hall–Kier alpha value is 0.0969. The predicted molar refractivity (Wildman–Crippen MR) is 46.4 cm³/mol. The number of hydrogen-bond donors (Lipinski definition) is 0. The number of rotatable bonds is 2. The minimum atomic E-state index is -1.90. The van der Waals surface area contributed by atoms with Gasteiger partial charge in [-0.1, -0.05) is 0 Å². The molecule has 0 radical (unpaired) electrons. The lowest BCUT2D eigenvalue weighted by molar-refractivity contribution is 0.161. The molecular formula is C7H17NO2Si. The molecule has 1 aliphatic rings. The summed E-state index contributed by atoms with van der Waals surface area (Å²) in [6.07, 6.45) is 2.52. The van der Waals surface area contributed by atoms with Crippen molar-refractivity contribution in [3.63, 3.8) is 0 Å². The quantitative estimate of drug-likeness (QED) is 0.583. The van der Waals surface area contributed by atoms with Crippen molar-refractivity contribution >= 4 is 8.72 Å². The van der Waals surface area contributed by atoms with Crippen LogP contribution in [0.4, 0.5) is 0 Å². The molecule has 0 aromatic heterocycles. The molecule has 1 heterocycles. The first-order valence-corrected chi connectivity index (χ1v) is 6.04. The highest BCUT2D eigenvalue weighted by Crippen LogP contribution is 2.24. The molecule has 0 atom stereocenters. The molecule has 4 heteroatoms. The van der Waals surface area contributed by atoms with E-state index in [4.69, 9.17) is 8.85 Å². The van der Waals surface area contributed by atoms with Crippen molar-refractivity contribution in [2.24, 2.45) is 0 Å². The lowest BCUT2D eigenvalue weighted by Crippen LogP contribution is -2.57. The highest BCUT2D eigenvalue weighted by molar-refractivity contribution is 6.64. The van der Waals surface area contributed by atoms with Gasteiger partial charge in [-0.3, -0.25) is 4.57 Å². The summed E-state index contributed by atoms with van der Waals surface area (Å²) >= 11 is 0. The van der Waals surface area contributed by atoms with E-state index in [1.165, 1.54) is 12.8 Å². The number of nitrogens with zero attached hydrogens (tertiary/aromatic N) is 1. The van der Waals surface area contributed by atoms with Crippen molar-refractivity contribution in [3.8, 4) is 0 Å². The van der Waals surface area contributed by atoms with Crippen LogP contribution in [0.25, 0.3) is 0 Å². The summed E-state index contributed by atoms with van der Waals surface area (Å²) in [6.45, 7) is 1.12. The summed E-state index contributed by atoms with van der Waals surface area (Å²) in [5.74, 6) is 0. The second-order valence-corrected chi connectivity index (χ2v) is 6.50. The normalized spacial score (nSPS) is 25.4. The van der Waals surface area contributed by atoms with Gasteiger partial charge < -0.3 is 8.85 Å². The molecule has 1 rings (SSSR count). The smallest absolute Gasteiger partial charge is 0.386 e. The van der Waals surface area contributed by atoms with Crippen LogP contribution < -0.4 is 0 Å². The Morgan fingerprint density at radius 2 is 1.82 bits per heavy atom. The van der Waals surface area contributed by atoms with Crippen LogP contribution in [0.1, 0.15) is 12.8 Å². The molecule has 11 heavy (non-hydrogen) atoms. The molecule has 0 saturated carbocycles. The molecule has 0 amide bonds. The molecule has 0 bridgehead atoms. The minimum Gasteiger partial charge on any atom is -0.386 e. The molecule has 1 aliphatic heterocycles. The topological polar surface area (TPSA) is 21.7 Å². The van der Waals surface area contributed by atoms with Crippen LogP contribution in [0.15, 0.2) is 0 Å². The van der Waals surface area contributed by atoms with Crippen molar-refractivity contribution in [1.82, 2.24) is 4.57 Å². The third-order valence-corrected chi connectivity index (χ3v) is 6.10. The Kier molecular flexibility index (Phi) is 3.06. The molecule has 0 unspecified atom stereocenters. The third kappa shape index (κ3) is 1.64. The summed E-state index contributed by atoms with van der Waals surface area (Å²) in [5.41, 5.74) is 0. The molecule has 1 saturated heterocycles. The monoisotopic (exact) mass is 175 g/mol. The molecule has 66 valence electrons. The van der Waals surface area contributed by atoms with E-state index < -0.39 is 8.72 Å². The van der Waals surface area contributed by atoms with E-state index in [9.17, 15) is 0 Å². The van der Waals surface area contributed by atoms with Crippen LogP contribution in [0.3, 0.4) is 0 Å². The van der Waals surface area contributed by atoms with Crippen LogP contribution in [-0.2, 0) is 8.85 Å². The Balaban J connectivity index is 2.61. The van der Waals surface area contributed by atoms with E-state index in [1.54, 1.807) is 14.2 Å². The van der Waals surface area contributed by atoms with E-state index in [1.807, 2.05) is 0 Å². The number of hydrogen-bond acceptors (Lipinski definition) is 3. The van der Waals surface area contributed by atoms with Crippen molar-refractivity contribution in [1.29, 1.82) is 0 Å². The van der Waals surface area contributed by atoms with Gasteiger partial charge in [0.2, 0.25) is 0 Å². The Morgan fingerprint density at radius 3 is 2.18 bits per heavy atom. The average Bonchev–Trinajstić information content (AvgIpc) is 2.06. The molecule has 0 aromatic carbocycles. The summed E-state index contributed by atoms with van der Waals surface area (Å²) in [5, 5.41) is 0. The van der Waals surface area contributed by atoms with Crippen molar-refractivity contribution in [3.05, 3.63) is 0 Å². The van der Waals surface area contributed by atoms with Gasteiger partial charge in [-0.05, 0) is 26.4 Å². The molecule has 3 nitrogen and oxygen atoms in total. The van der Waals surface area contributed by atoms with Crippen molar-refractivity contribution in [2.75, 3.05) is 27.8 Å². The lowest BCUT2D eigenvalue weighted by atomic mass is 10.3. The SMILES string of the molecule is CO[Si]1(OC)CCCCN1C. The largest absolute Gasteiger partial charge is 0.427 e. The van der Waals surface area contributed by atoms with E-state index in [0.29, 0.717) is 0 Å². The summed E-state index contributed by atoms with van der Waals surface area (Å²) in [4.78, 5) is 0. The van der Waals surface area contributed by atoms with Crippen LogP contribution in [0.5, 0.6) is 0 Å². The fourth-order valence-electron chi connectivity index (χ4n) is 1.66. The molecule has 0 aliphatic carbocycles. The maximum absolute atomic E-state index is 5.48. The van der Waals surface area contributed by atoms with E-state index >= 15 is 0 Å². The van der Waals surface area contributed by atoms with Crippen LogP contribution in [0, 0.1) is 0 Å². The zero-order valence-electron chi connectivity index (χ0n) is 7.59. The highest BCUT2D eigenvalue weighted by atomic mass is 28.4. The Morgan fingerprint density at radius 1 is 1.18 bits per heavy atom. The Bertz CT molecular complexity index is 128. The summed E-state index contributed by atoms with van der Waals surface area (Å²) in [6, 6.07) is 1.11. The zero-order chi connectivity index (χ0) is 8.32. The van der Waals surface area contributed by atoms with E-state index in [2.05, 4.69) is 11.6 Å². The predicted octanol–water partition coefficient (Wildman–Crippen LogP) is 0.944. The van der Waals surface area contributed by atoms with Gasteiger partial charge in [0.25, 0.3) is 0 Å². The van der Waals surface area contributed by atoms with Crippen LogP contribution in [-0.4, -0.2) is 41.1 Å². The fraction of sp³-hybridized carbons (Fsp3) is 1.00. The second-order valence-electron chi connectivity index (χ2n) is 3.00. The van der Waals surface area contributed by atoms with Gasteiger partial charge in [0.1, 0.15) is 0 Å². The first-order chi connectivity index (χ1) is 5.25. The van der Waals surface area contributed by atoms with Crippen molar-refractivity contribution in [2.45, 2.75) is 18.9 Å². The maximum Gasteiger partial charge on any atom is 0.427 e. The minimum absolute atomic E-state index is 1.11. The molecule has 1 fully saturated rings. The first kappa shape index (κ1) is 9.19. The maximum atomic E-state index is 5.48. The van der Waals surface area contributed by atoms with Crippen LogP contribution >= 0.6 is 0 Å². The van der Waals surface area contributed by atoms with E-state index in [-0.39, 0.29) is 0 Å². The third-order valence-electron chi connectivity index (χ3n) is 2.46. The van der Waals surface area contributed by atoms with Crippen LogP contribution in [0.2, 0.25) is 6.04 Å². The lowest BCUT2D eigenvalue weighted by Gasteiger charge is -2.38. The van der Waals surface area contributed by atoms with Crippen molar-refractivity contribution < 1.29 is 8.85 Å². The molecule has 0 N–H and O–H groups in total. The Labute approximate surface area is 69.6 Å². The summed E-state index contributed by atoms with van der Waals surface area (Å²) < 4.78 is 13.2. The zero-order valence-corrected chi connectivity index (χ0v) is 8.59. The van der Waals surface area contributed by atoms with Gasteiger partial charge >= 0.3 is 8.72 Å². The van der Waals surface area contributed by atoms with Gasteiger partial charge in [-0.2, -0.15) is 0 Å². The fourth-order valence-corrected chi connectivity index (χ4v) is 4.43. The summed E-state index contributed by atoms with van der Waals surface area (Å²) in [7, 11) is 3.72. The second kappa shape index (κ2) is 3.67. The average molecular weight is 175 g/mol. The van der Waals surface area contributed by atoms with Gasteiger partial charge in [0.15, 0.2) is 0 Å². The van der Waals surface area contributed by atoms with Gasteiger partial charge in [0, 0.05) is 20.3 Å².